The summed E-state index contributed by atoms with van der Waals surface area (Å²) < 4.78 is 4.73. The number of ether oxygens (including phenoxy) is 1. The van der Waals surface area contributed by atoms with Gasteiger partial charge in [0, 0.05) is 45.0 Å². The number of carbonyl (C=O) groups excluding carboxylic acids is 3. The molecule has 0 unspecified atom stereocenters. The molecule has 1 aromatic carbocycles. The van der Waals surface area contributed by atoms with Gasteiger partial charge in [-0.3, -0.25) is 9.59 Å². The first-order valence-corrected chi connectivity index (χ1v) is 9.40. The van der Waals surface area contributed by atoms with Gasteiger partial charge in [0.2, 0.25) is 11.8 Å². The lowest BCUT2D eigenvalue weighted by Gasteiger charge is -2.36. The van der Waals surface area contributed by atoms with E-state index in [1.165, 1.54) is 18.9 Å². The summed E-state index contributed by atoms with van der Waals surface area (Å²) in [6.45, 7) is 3.80. The molecule has 0 radical (unpaired) electrons. The number of hydrogen-bond donors (Lipinski definition) is 0. The quantitative estimate of drug-likeness (QED) is 0.714. The van der Waals surface area contributed by atoms with Crippen LogP contribution in [-0.2, 0) is 14.3 Å². The Kier molecular flexibility index (Phi) is 6.43. The number of nitrogens with zero attached hydrogens (tertiary/aromatic N) is 4. The van der Waals surface area contributed by atoms with Crippen LogP contribution >= 0.6 is 0 Å². The Labute approximate surface area is 169 Å². The third-order valence-corrected chi connectivity index (χ3v) is 4.86. The summed E-state index contributed by atoms with van der Waals surface area (Å²) in [6, 6.07) is 12.3. The molecular weight excluding hydrogens is 372 g/mol. The van der Waals surface area contributed by atoms with E-state index < -0.39 is 5.97 Å². The van der Waals surface area contributed by atoms with Gasteiger partial charge in [-0.15, -0.1) is 0 Å². The van der Waals surface area contributed by atoms with Gasteiger partial charge in [-0.25, -0.2) is 9.78 Å². The summed E-state index contributed by atoms with van der Waals surface area (Å²) in [5.41, 5.74) is 0.813. The molecule has 0 N–H and O–H groups in total. The van der Waals surface area contributed by atoms with Crippen molar-refractivity contribution in [2.24, 2.45) is 0 Å². The Bertz CT molecular complexity index is 879. The Morgan fingerprint density at radius 2 is 1.83 bits per heavy atom. The van der Waals surface area contributed by atoms with E-state index in [1.807, 2.05) is 18.2 Å². The molecule has 3 rings (SSSR count). The fraction of sp³-hybridized carbons (Fsp3) is 0.333. The van der Waals surface area contributed by atoms with Crippen LogP contribution in [0.2, 0.25) is 0 Å². The van der Waals surface area contributed by atoms with Crippen LogP contribution in [0.5, 0.6) is 0 Å². The highest BCUT2D eigenvalue weighted by Gasteiger charge is 2.25. The minimum Gasteiger partial charge on any atom is -0.465 e. The molecule has 29 heavy (non-hydrogen) atoms. The Balaban J connectivity index is 1.65. The number of pyridine rings is 1. The number of benzene rings is 1. The van der Waals surface area contributed by atoms with Crippen molar-refractivity contribution in [2.45, 2.75) is 6.92 Å². The molecule has 1 aromatic heterocycles. The van der Waals surface area contributed by atoms with E-state index in [0.29, 0.717) is 37.4 Å². The lowest BCUT2D eigenvalue weighted by atomic mass is 10.2. The molecule has 2 heterocycles. The van der Waals surface area contributed by atoms with Crippen molar-refractivity contribution in [3.05, 3.63) is 54.2 Å². The average molecular weight is 396 g/mol. The zero-order valence-corrected chi connectivity index (χ0v) is 16.6. The van der Waals surface area contributed by atoms with Crippen LogP contribution < -0.4 is 9.80 Å². The number of hydrogen-bond acceptors (Lipinski definition) is 6. The second-order valence-electron chi connectivity index (χ2n) is 6.70. The maximum absolute atomic E-state index is 12.8. The SMILES string of the molecule is COC(=O)c1cccc(N(CC(=O)N2CCN(c3ccccn3)CC2)C(C)=O)c1. The molecule has 8 heteroatoms. The van der Waals surface area contributed by atoms with E-state index in [2.05, 4.69) is 9.88 Å². The van der Waals surface area contributed by atoms with Gasteiger partial charge in [-0.2, -0.15) is 0 Å². The smallest absolute Gasteiger partial charge is 0.337 e. The number of piperazine rings is 1. The molecule has 0 spiro atoms. The third-order valence-electron chi connectivity index (χ3n) is 4.86. The first-order valence-electron chi connectivity index (χ1n) is 9.40. The van der Waals surface area contributed by atoms with Crippen LogP contribution in [0.25, 0.3) is 0 Å². The predicted octanol–water partition coefficient (Wildman–Crippen LogP) is 1.57. The highest BCUT2D eigenvalue weighted by molar-refractivity contribution is 5.99. The van der Waals surface area contributed by atoms with Gasteiger partial charge in [0.15, 0.2) is 0 Å². The van der Waals surface area contributed by atoms with Crippen LogP contribution in [-0.4, -0.2) is 67.5 Å². The minimum atomic E-state index is -0.493. The zero-order valence-electron chi connectivity index (χ0n) is 16.6. The van der Waals surface area contributed by atoms with Gasteiger partial charge in [0.25, 0.3) is 0 Å². The molecule has 1 fully saturated rings. The van der Waals surface area contributed by atoms with E-state index in [0.717, 1.165) is 5.82 Å². The van der Waals surface area contributed by atoms with Gasteiger partial charge in [-0.05, 0) is 30.3 Å². The minimum absolute atomic E-state index is 0.0798. The van der Waals surface area contributed by atoms with Crippen molar-refractivity contribution in [3.63, 3.8) is 0 Å². The highest BCUT2D eigenvalue weighted by Crippen LogP contribution is 2.18. The Morgan fingerprint density at radius 1 is 1.07 bits per heavy atom. The molecule has 0 atom stereocenters. The van der Waals surface area contributed by atoms with Gasteiger partial charge >= 0.3 is 5.97 Å². The summed E-state index contributed by atoms with van der Waals surface area (Å²) in [4.78, 5) is 46.3. The lowest BCUT2D eigenvalue weighted by molar-refractivity contribution is -0.131. The monoisotopic (exact) mass is 396 g/mol. The number of esters is 1. The van der Waals surface area contributed by atoms with Crippen molar-refractivity contribution in [3.8, 4) is 0 Å². The average Bonchev–Trinajstić information content (AvgIpc) is 2.77. The second-order valence-corrected chi connectivity index (χ2v) is 6.70. The third kappa shape index (κ3) is 4.90. The summed E-state index contributed by atoms with van der Waals surface area (Å²) >= 11 is 0. The molecule has 1 aliphatic heterocycles. The standard InChI is InChI=1S/C21H24N4O4/c1-16(26)25(18-7-5-6-17(14-18)21(28)29-2)15-20(27)24-12-10-23(11-13-24)19-8-3-4-9-22-19/h3-9,14H,10-13,15H2,1-2H3. The van der Waals surface area contributed by atoms with E-state index >= 15 is 0 Å². The molecule has 1 saturated heterocycles. The lowest BCUT2D eigenvalue weighted by Crippen LogP contribution is -2.52. The molecule has 0 bridgehead atoms. The van der Waals surface area contributed by atoms with Crippen LogP contribution in [0.4, 0.5) is 11.5 Å². The molecule has 0 saturated carbocycles. The number of anilines is 2. The first-order chi connectivity index (χ1) is 14.0. The molecule has 152 valence electrons. The fourth-order valence-corrected chi connectivity index (χ4v) is 3.26. The van der Waals surface area contributed by atoms with Gasteiger partial charge in [0.05, 0.1) is 12.7 Å². The first kappa shape index (κ1) is 20.3. The number of amides is 2. The van der Waals surface area contributed by atoms with Crippen molar-refractivity contribution in [1.82, 2.24) is 9.88 Å². The predicted molar refractivity (Wildman–Crippen MR) is 109 cm³/mol. The van der Waals surface area contributed by atoms with Gasteiger partial charge in [-0.1, -0.05) is 12.1 Å². The normalized spacial score (nSPS) is 13.7. The van der Waals surface area contributed by atoms with Crippen LogP contribution in [0.3, 0.4) is 0 Å². The van der Waals surface area contributed by atoms with E-state index in [1.54, 1.807) is 35.4 Å². The van der Waals surface area contributed by atoms with Crippen molar-refractivity contribution in [2.75, 3.05) is 49.6 Å². The van der Waals surface area contributed by atoms with Crippen LogP contribution in [0.1, 0.15) is 17.3 Å². The summed E-state index contributed by atoms with van der Waals surface area (Å²) in [5, 5.41) is 0. The van der Waals surface area contributed by atoms with Crippen molar-refractivity contribution >= 4 is 29.3 Å². The molecule has 2 aromatic rings. The number of rotatable bonds is 5. The largest absolute Gasteiger partial charge is 0.465 e. The van der Waals surface area contributed by atoms with Crippen molar-refractivity contribution < 1.29 is 19.1 Å². The maximum Gasteiger partial charge on any atom is 0.337 e. The maximum atomic E-state index is 12.8. The number of carbonyl (C=O) groups is 3. The van der Waals surface area contributed by atoms with Crippen LogP contribution in [0.15, 0.2) is 48.7 Å². The van der Waals surface area contributed by atoms with E-state index in [-0.39, 0.29) is 18.4 Å². The van der Waals surface area contributed by atoms with Gasteiger partial charge in [0.1, 0.15) is 12.4 Å². The highest BCUT2D eigenvalue weighted by atomic mass is 16.5. The molecule has 1 aliphatic rings. The fourth-order valence-electron chi connectivity index (χ4n) is 3.26. The van der Waals surface area contributed by atoms with Crippen molar-refractivity contribution in [1.29, 1.82) is 0 Å². The molecule has 0 aliphatic carbocycles. The summed E-state index contributed by atoms with van der Waals surface area (Å²) in [5.74, 6) is -0.00580. The van der Waals surface area contributed by atoms with Gasteiger partial charge < -0.3 is 19.4 Å². The summed E-state index contributed by atoms with van der Waals surface area (Å²) in [6.07, 6.45) is 1.75. The zero-order chi connectivity index (χ0) is 20.8. The van der Waals surface area contributed by atoms with Crippen LogP contribution in [0, 0.1) is 0 Å². The molecule has 2 amide bonds. The second kappa shape index (κ2) is 9.18. The van der Waals surface area contributed by atoms with E-state index in [9.17, 15) is 14.4 Å². The Hall–Kier alpha value is -3.42. The molecular formula is C21H24N4O4. The topological polar surface area (TPSA) is 83.1 Å². The number of methoxy groups -OCH3 is 1. The molecule has 8 nitrogen and oxygen atoms in total. The van der Waals surface area contributed by atoms with E-state index in [4.69, 9.17) is 4.74 Å². The number of aromatic nitrogens is 1. The Morgan fingerprint density at radius 3 is 2.45 bits per heavy atom. The summed E-state index contributed by atoms with van der Waals surface area (Å²) in [7, 11) is 1.30.